The smallest absolute Gasteiger partial charge is 0.278 e. The third-order valence-electron chi connectivity index (χ3n) is 14.3. The highest BCUT2D eigenvalue weighted by Crippen LogP contribution is 2.41. The molecule has 3 aliphatic heterocycles. The molecule has 16 heteroatoms. The lowest BCUT2D eigenvalue weighted by Gasteiger charge is -2.41. The number of hydrogen-bond acceptors (Lipinski definition) is 12. The van der Waals surface area contributed by atoms with Crippen molar-refractivity contribution in [2.24, 2.45) is 0 Å². The molecular weight excluding hydrogens is 801 g/mol. The van der Waals surface area contributed by atoms with Crippen LogP contribution >= 0.6 is 0 Å². The molecule has 11 rings (SSSR count). The SMILES string of the molecule is C=CCn1c(=O)c2cnc(Nc3ccc4c(c3)CCN([C@H]3CC[C@H](N5Cc6ccc7c(C8CCC(=O)NC8=O)noc7c6C5)CC3)C4=O)nc2n1-c1ccc2c(n1)[C@@](O)(CC)CC2. The molecule has 63 heavy (non-hydrogen) atoms. The summed E-state index contributed by atoms with van der Waals surface area (Å²) >= 11 is 0. The standard InChI is InChI=1S/C47H48N10O6/c1-3-20-56-45(61)35-23-48-46(52-42(35)57(56)37-15-6-26-17-19-47(62,4-2)41(26)50-37)49-29-7-13-32-27(22-29)18-21-55(44(32)60)31-10-8-30(9-11-31)54-24-28-5-12-33-39(53-63-40(33)36(28)25-54)34-14-16-38(58)51-43(34)59/h3,5-7,12-13,15,22-23,30-31,34,62H,1,4,8-11,14,16-21,24-25H2,2H3,(H,48,49,52)(H,51,58,59)/t30-,31-,34?,47-/m1/s1. The van der Waals surface area contributed by atoms with E-state index in [9.17, 15) is 24.3 Å². The summed E-state index contributed by atoms with van der Waals surface area (Å²) in [7, 11) is 0. The van der Waals surface area contributed by atoms with Crippen molar-refractivity contribution in [3.63, 3.8) is 0 Å². The van der Waals surface area contributed by atoms with E-state index in [2.05, 4.69) is 43.2 Å². The highest BCUT2D eigenvalue weighted by molar-refractivity contribution is 6.02. The molecule has 322 valence electrons. The maximum Gasteiger partial charge on any atom is 0.278 e. The first-order valence-electron chi connectivity index (χ1n) is 22.1. The molecule has 1 saturated carbocycles. The molecule has 0 bridgehead atoms. The molecule has 3 N–H and O–H groups in total. The number of benzene rings is 2. The van der Waals surface area contributed by atoms with E-state index in [1.54, 1.807) is 10.8 Å². The average Bonchev–Trinajstić information content (AvgIpc) is 4.07. The van der Waals surface area contributed by atoms with E-state index in [1.165, 1.54) is 16.4 Å². The van der Waals surface area contributed by atoms with Crippen LogP contribution in [0, 0.1) is 0 Å². The Bertz CT molecular complexity index is 2960. The van der Waals surface area contributed by atoms with Crippen LogP contribution < -0.4 is 16.2 Å². The van der Waals surface area contributed by atoms with Gasteiger partial charge in [-0.25, -0.2) is 19.3 Å². The summed E-state index contributed by atoms with van der Waals surface area (Å²) in [5, 5.41) is 22.6. The topological polar surface area (TPSA) is 194 Å². The van der Waals surface area contributed by atoms with Gasteiger partial charge in [0.1, 0.15) is 16.7 Å². The van der Waals surface area contributed by atoms with Crippen LogP contribution in [-0.2, 0) is 47.7 Å². The van der Waals surface area contributed by atoms with E-state index in [0.29, 0.717) is 71.6 Å². The molecule has 2 fully saturated rings. The van der Waals surface area contributed by atoms with Gasteiger partial charge in [0.15, 0.2) is 17.0 Å². The molecule has 2 atom stereocenters. The van der Waals surface area contributed by atoms with E-state index in [4.69, 9.17) is 14.5 Å². The van der Waals surface area contributed by atoms with Crippen molar-refractivity contribution in [2.45, 2.75) is 114 Å². The van der Waals surface area contributed by atoms with Crippen LogP contribution in [0.1, 0.15) is 108 Å². The molecule has 7 heterocycles. The molecule has 0 radical (unpaired) electrons. The number of aromatic nitrogens is 6. The third-order valence-corrected chi connectivity index (χ3v) is 14.3. The molecule has 0 spiro atoms. The molecule has 2 aromatic carbocycles. The Morgan fingerprint density at radius 3 is 2.57 bits per heavy atom. The molecule has 5 aliphatic rings. The minimum atomic E-state index is -1.02. The van der Waals surface area contributed by atoms with Crippen molar-refractivity contribution >= 4 is 51.4 Å². The second kappa shape index (κ2) is 15.1. The number of amides is 3. The monoisotopic (exact) mass is 848 g/mol. The minimum Gasteiger partial charge on any atom is -0.384 e. The van der Waals surface area contributed by atoms with Gasteiger partial charge in [-0.05, 0) is 105 Å². The van der Waals surface area contributed by atoms with Gasteiger partial charge in [0.25, 0.3) is 11.5 Å². The number of carbonyl (C=O) groups excluding carboxylic acids is 3. The fraction of sp³-hybridized carbons (Fsp3) is 0.404. The summed E-state index contributed by atoms with van der Waals surface area (Å²) in [5.74, 6) is -0.238. The molecule has 16 nitrogen and oxygen atoms in total. The fourth-order valence-corrected chi connectivity index (χ4v) is 10.8. The number of nitrogens with one attached hydrogen (secondary N) is 2. The predicted octanol–water partition coefficient (Wildman–Crippen LogP) is 5.44. The predicted molar refractivity (Wildman–Crippen MR) is 233 cm³/mol. The van der Waals surface area contributed by atoms with Crippen LogP contribution in [0.2, 0.25) is 0 Å². The number of pyridine rings is 1. The Morgan fingerprint density at radius 1 is 0.937 bits per heavy atom. The zero-order chi connectivity index (χ0) is 43.1. The summed E-state index contributed by atoms with van der Waals surface area (Å²) in [6.45, 7) is 8.24. The van der Waals surface area contributed by atoms with Crippen LogP contribution in [0.5, 0.6) is 0 Å². The van der Waals surface area contributed by atoms with E-state index in [0.717, 1.165) is 85.0 Å². The average molecular weight is 849 g/mol. The lowest BCUT2D eigenvalue weighted by Crippen LogP contribution is -2.48. The van der Waals surface area contributed by atoms with Gasteiger partial charge in [0.05, 0.1) is 18.2 Å². The van der Waals surface area contributed by atoms with Gasteiger partial charge in [0.2, 0.25) is 17.8 Å². The summed E-state index contributed by atoms with van der Waals surface area (Å²) in [4.78, 5) is 70.8. The van der Waals surface area contributed by atoms with Crippen LogP contribution in [0.15, 0.2) is 70.6 Å². The fourth-order valence-electron chi connectivity index (χ4n) is 10.8. The number of aliphatic hydroxyl groups is 1. The largest absolute Gasteiger partial charge is 0.384 e. The number of fused-ring (bicyclic) bond motifs is 6. The highest BCUT2D eigenvalue weighted by Gasteiger charge is 2.39. The van der Waals surface area contributed by atoms with Gasteiger partial charge in [-0.1, -0.05) is 30.3 Å². The van der Waals surface area contributed by atoms with Crippen molar-refractivity contribution in [3.05, 3.63) is 111 Å². The molecule has 1 unspecified atom stereocenters. The number of hydrogen-bond donors (Lipinski definition) is 3. The Labute approximate surface area is 362 Å². The maximum absolute atomic E-state index is 14.0. The molecule has 2 aliphatic carbocycles. The minimum absolute atomic E-state index is 0.0569. The summed E-state index contributed by atoms with van der Waals surface area (Å²) in [6.07, 6.45) is 10.3. The van der Waals surface area contributed by atoms with Crippen molar-refractivity contribution in [1.29, 1.82) is 0 Å². The van der Waals surface area contributed by atoms with Crippen molar-refractivity contribution in [3.8, 4) is 5.82 Å². The Hall–Kier alpha value is -6.52. The Morgan fingerprint density at radius 2 is 1.76 bits per heavy atom. The number of aryl methyl sites for hydroxylation is 1. The number of anilines is 2. The first-order valence-corrected chi connectivity index (χ1v) is 22.1. The maximum atomic E-state index is 14.0. The lowest BCUT2D eigenvalue weighted by atomic mass is 9.87. The number of imide groups is 1. The van der Waals surface area contributed by atoms with E-state index in [-0.39, 0.29) is 42.3 Å². The molecule has 6 aromatic rings. The number of rotatable bonds is 9. The number of nitrogens with zero attached hydrogens (tertiary/aromatic N) is 8. The normalized spacial score (nSPS) is 23.6. The van der Waals surface area contributed by atoms with Crippen molar-refractivity contribution in [1.82, 2.24) is 44.6 Å². The van der Waals surface area contributed by atoms with Gasteiger partial charge in [-0.2, -0.15) is 4.98 Å². The third kappa shape index (κ3) is 6.48. The lowest BCUT2D eigenvalue weighted by molar-refractivity contribution is -0.134. The van der Waals surface area contributed by atoms with E-state index < -0.39 is 11.5 Å². The van der Waals surface area contributed by atoms with Crippen molar-refractivity contribution < 1.29 is 24.0 Å². The Kier molecular flexibility index (Phi) is 9.42. The summed E-state index contributed by atoms with van der Waals surface area (Å²) < 4.78 is 9.08. The first-order chi connectivity index (χ1) is 30.6. The van der Waals surface area contributed by atoms with Gasteiger partial charge < -0.3 is 19.8 Å². The summed E-state index contributed by atoms with van der Waals surface area (Å²) in [6, 6.07) is 14.2. The number of allylic oxidation sites excluding steroid dienone is 1. The number of carbonyl (C=O) groups is 3. The van der Waals surface area contributed by atoms with Crippen LogP contribution in [0.3, 0.4) is 0 Å². The highest BCUT2D eigenvalue weighted by atomic mass is 16.5. The molecule has 1 saturated heterocycles. The zero-order valence-electron chi connectivity index (χ0n) is 35.1. The number of piperidine rings is 1. The molecular formula is C47H48N10O6. The van der Waals surface area contributed by atoms with Gasteiger partial charge in [0, 0.05) is 66.5 Å². The van der Waals surface area contributed by atoms with Crippen LogP contribution in [0.25, 0.3) is 27.8 Å². The second-order valence-corrected chi connectivity index (χ2v) is 17.7. The first kappa shape index (κ1) is 39.3. The second-order valence-electron chi connectivity index (χ2n) is 17.7. The van der Waals surface area contributed by atoms with Gasteiger partial charge >= 0.3 is 0 Å². The van der Waals surface area contributed by atoms with Gasteiger partial charge in [-0.15, -0.1) is 6.58 Å². The van der Waals surface area contributed by atoms with E-state index >= 15 is 0 Å². The zero-order valence-corrected chi connectivity index (χ0v) is 35.1. The quantitative estimate of drug-likeness (QED) is 0.124. The van der Waals surface area contributed by atoms with E-state index in [1.807, 2.05) is 43.3 Å². The van der Waals surface area contributed by atoms with Crippen molar-refractivity contribution in [2.75, 3.05) is 11.9 Å². The molecule has 4 aromatic heterocycles. The van der Waals surface area contributed by atoms with Gasteiger partial charge in [-0.3, -0.25) is 29.4 Å². The van der Waals surface area contributed by atoms with Crippen LogP contribution in [0.4, 0.5) is 11.6 Å². The van der Waals surface area contributed by atoms with Crippen LogP contribution in [-0.4, -0.2) is 80.7 Å². The summed E-state index contributed by atoms with van der Waals surface area (Å²) in [5.41, 5.74) is 6.79. The molecule has 3 amide bonds. The Balaban J connectivity index is 0.763.